The first kappa shape index (κ1) is 6.99. The number of rotatable bonds is 3. The number of hydrogen-bond acceptors (Lipinski definition) is 2. The number of ketones is 1. The Morgan fingerprint density at radius 3 is 2.20 bits per heavy atom. The maximum atomic E-state index is 10.6. The van der Waals surface area contributed by atoms with Crippen LogP contribution in [0.1, 0.15) is 12.8 Å². The van der Waals surface area contributed by atoms with Crippen LogP contribution in [0.5, 0.6) is 0 Å². The van der Waals surface area contributed by atoms with E-state index in [4.69, 9.17) is 5.11 Å². The highest BCUT2D eigenvalue weighted by molar-refractivity contribution is 6.39. The van der Waals surface area contributed by atoms with Gasteiger partial charge in [-0.3, -0.25) is 4.79 Å². The van der Waals surface area contributed by atoms with Gasteiger partial charge < -0.3 is 5.11 Å². The topological polar surface area (TPSA) is 54.4 Å². The third kappa shape index (κ3) is 1.23. The second-order valence-electron chi connectivity index (χ2n) is 2.43. The van der Waals surface area contributed by atoms with E-state index in [0.717, 1.165) is 12.8 Å². The lowest BCUT2D eigenvalue weighted by atomic mass is 10.1. The summed E-state index contributed by atoms with van der Waals surface area (Å²) in [5.74, 6) is -2.07. The number of aliphatic carboxylic acids is 1. The van der Waals surface area contributed by atoms with Crippen LogP contribution in [0.3, 0.4) is 0 Å². The normalized spacial score (nSPS) is 16.4. The average molecular weight is 140 g/mol. The monoisotopic (exact) mass is 140 g/mol. The van der Waals surface area contributed by atoms with E-state index in [1.807, 2.05) is 0 Å². The zero-order valence-electron chi connectivity index (χ0n) is 5.46. The van der Waals surface area contributed by atoms with Crippen molar-refractivity contribution in [1.29, 1.82) is 0 Å². The van der Waals surface area contributed by atoms with Crippen molar-refractivity contribution >= 4 is 11.8 Å². The molecule has 1 N–H and O–H groups in total. The zero-order chi connectivity index (χ0) is 7.72. The molecule has 0 spiro atoms. The first-order valence-electron chi connectivity index (χ1n) is 3.09. The zero-order valence-corrected chi connectivity index (χ0v) is 5.46. The molecule has 1 rings (SSSR count). The van der Waals surface area contributed by atoms with Crippen molar-refractivity contribution in [2.45, 2.75) is 12.8 Å². The number of carboxylic acid groups (broad SMARTS) is 1. The molecule has 1 aliphatic rings. The van der Waals surface area contributed by atoms with Gasteiger partial charge in [0.1, 0.15) is 0 Å². The molecule has 0 bridgehead atoms. The van der Waals surface area contributed by atoms with Crippen molar-refractivity contribution in [3.8, 4) is 0 Å². The van der Waals surface area contributed by atoms with Gasteiger partial charge in [-0.05, 0) is 18.8 Å². The van der Waals surface area contributed by atoms with Crippen LogP contribution in [0.2, 0.25) is 0 Å². The molecule has 0 radical (unpaired) electrons. The fourth-order valence-electron chi connectivity index (χ4n) is 0.755. The summed E-state index contributed by atoms with van der Waals surface area (Å²) in [6.45, 7) is 3.41. The van der Waals surface area contributed by atoms with Crippen LogP contribution in [0.4, 0.5) is 0 Å². The van der Waals surface area contributed by atoms with Gasteiger partial charge in [0.25, 0.3) is 5.78 Å². The van der Waals surface area contributed by atoms with Crippen LogP contribution in [0, 0.1) is 5.92 Å². The van der Waals surface area contributed by atoms with Gasteiger partial charge in [-0.25, -0.2) is 4.79 Å². The van der Waals surface area contributed by atoms with E-state index in [1.165, 1.54) is 0 Å². The highest BCUT2D eigenvalue weighted by atomic mass is 16.4. The Hall–Kier alpha value is -1.12. The molecule has 0 heterocycles. The van der Waals surface area contributed by atoms with E-state index in [2.05, 4.69) is 6.58 Å². The number of hydrogen-bond donors (Lipinski definition) is 1. The molecule has 3 heteroatoms. The predicted molar refractivity (Wildman–Crippen MR) is 34.5 cm³/mol. The van der Waals surface area contributed by atoms with Gasteiger partial charge >= 0.3 is 5.97 Å². The fourth-order valence-corrected chi connectivity index (χ4v) is 0.755. The lowest BCUT2D eigenvalue weighted by molar-refractivity contribution is -0.147. The SMILES string of the molecule is C=C(C(=O)C(=O)O)C1CC1. The Labute approximate surface area is 58.4 Å². The van der Waals surface area contributed by atoms with Crippen LogP contribution >= 0.6 is 0 Å². The first-order valence-corrected chi connectivity index (χ1v) is 3.09. The summed E-state index contributed by atoms with van der Waals surface area (Å²) in [5.41, 5.74) is 0.257. The summed E-state index contributed by atoms with van der Waals surface area (Å²) in [4.78, 5) is 20.7. The molecule has 10 heavy (non-hydrogen) atoms. The molecule has 1 aliphatic carbocycles. The highest BCUT2D eigenvalue weighted by Gasteiger charge is 2.31. The molecule has 0 saturated heterocycles. The molecule has 0 aromatic rings. The third-order valence-corrected chi connectivity index (χ3v) is 1.56. The van der Waals surface area contributed by atoms with Crippen LogP contribution < -0.4 is 0 Å². The average Bonchev–Trinajstić information content (AvgIpc) is 2.65. The van der Waals surface area contributed by atoms with E-state index in [0.29, 0.717) is 0 Å². The quantitative estimate of drug-likeness (QED) is 0.461. The molecular weight excluding hydrogens is 132 g/mol. The Morgan fingerprint density at radius 2 is 1.90 bits per heavy atom. The van der Waals surface area contributed by atoms with Crippen molar-refractivity contribution in [3.63, 3.8) is 0 Å². The molecule has 54 valence electrons. The van der Waals surface area contributed by atoms with Gasteiger partial charge in [0.2, 0.25) is 0 Å². The lowest BCUT2D eigenvalue weighted by Crippen LogP contribution is -2.15. The van der Waals surface area contributed by atoms with Crippen LogP contribution in [-0.2, 0) is 9.59 Å². The smallest absolute Gasteiger partial charge is 0.376 e. The fraction of sp³-hybridized carbons (Fsp3) is 0.429. The maximum Gasteiger partial charge on any atom is 0.376 e. The predicted octanol–water partition coefficient (Wildman–Crippen LogP) is 0.606. The molecule has 0 atom stereocenters. The molecule has 0 aromatic carbocycles. The van der Waals surface area contributed by atoms with Crippen molar-refractivity contribution in [1.82, 2.24) is 0 Å². The second kappa shape index (κ2) is 2.25. The summed E-state index contributed by atoms with van der Waals surface area (Å²) in [7, 11) is 0. The van der Waals surface area contributed by atoms with E-state index < -0.39 is 11.8 Å². The van der Waals surface area contributed by atoms with E-state index >= 15 is 0 Å². The van der Waals surface area contributed by atoms with Gasteiger partial charge in [0, 0.05) is 5.57 Å². The second-order valence-corrected chi connectivity index (χ2v) is 2.43. The Morgan fingerprint density at radius 1 is 1.40 bits per heavy atom. The molecule has 0 aliphatic heterocycles. The van der Waals surface area contributed by atoms with E-state index in [1.54, 1.807) is 0 Å². The number of carbonyl (C=O) groups is 2. The highest BCUT2D eigenvalue weighted by Crippen LogP contribution is 2.35. The number of Topliss-reactive ketones (excluding diaryl/α,β-unsaturated/α-hetero) is 1. The molecule has 0 aromatic heterocycles. The van der Waals surface area contributed by atoms with Crippen molar-refractivity contribution in [2.24, 2.45) is 5.92 Å². The van der Waals surface area contributed by atoms with E-state index in [9.17, 15) is 9.59 Å². The summed E-state index contributed by atoms with van der Waals surface area (Å²) in [6.07, 6.45) is 1.83. The lowest BCUT2D eigenvalue weighted by Gasteiger charge is -1.94. The van der Waals surface area contributed by atoms with E-state index in [-0.39, 0.29) is 11.5 Å². The summed E-state index contributed by atoms with van der Waals surface area (Å²) in [6, 6.07) is 0. The van der Waals surface area contributed by atoms with Gasteiger partial charge in [-0.1, -0.05) is 6.58 Å². The van der Waals surface area contributed by atoms with Gasteiger partial charge in [0.05, 0.1) is 0 Å². The minimum Gasteiger partial charge on any atom is -0.475 e. The van der Waals surface area contributed by atoms with Crippen LogP contribution in [0.15, 0.2) is 12.2 Å². The summed E-state index contributed by atoms with van der Waals surface area (Å²) in [5, 5.41) is 8.22. The Balaban J connectivity index is 2.55. The largest absolute Gasteiger partial charge is 0.475 e. The maximum absolute atomic E-state index is 10.6. The van der Waals surface area contributed by atoms with Gasteiger partial charge in [0.15, 0.2) is 0 Å². The summed E-state index contributed by atoms with van der Waals surface area (Å²) >= 11 is 0. The minimum atomic E-state index is -1.39. The van der Waals surface area contributed by atoms with Gasteiger partial charge in [-0.15, -0.1) is 0 Å². The Bertz CT molecular complexity index is 201. The number of carboxylic acids is 1. The number of carbonyl (C=O) groups excluding carboxylic acids is 1. The van der Waals surface area contributed by atoms with Crippen LogP contribution in [0.25, 0.3) is 0 Å². The van der Waals surface area contributed by atoms with Crippen LogP contribution in [-0.4, -0.2) is 16.9 Å². The first-order chi connectivity index (χ1) is 4.63. The molecular formula is C7H8O3. The van der Waals surface area contributed by atoms with Gasteiger partial charge in [-0.2, -0.15) is 0 Å². The minimum absolute atomic E-state index is 0.156. The standard InChI is InChI=1S/C7H8O3/c1-4(5-2-3-5)6(8)7(9)10/h5H,1-3H2,(H,9,10). The van der Waals surface area contributed by atoms with Crippen molar-refractivity contribution in [3.05, 3.63) is 12.2 Å². The molecule has 1 fully saturated rings. The van der Waals surface area contributed by atoms with Crippen molar-refractivity contribution < 1.29 is 14.7 Å². The summed E-state index contributed by atoms with van der Waals surface area (Å²) < 4.78 is 0. The molecule has 1 saturated carbocycles. The Kier molecular flexibility index (Phi) is 1.57. The molecule has 0 amide bonds. The molecule has 3 nitrogen and oxygen atoms in total. The molecule has 0 unspecified atom stereocenters. The van der Waals surface area contributed by atoms with Crippen molar-refractivity contribution in [2.75, 3.05) is 0 Å². The third-order valence-electron chi connectivity index (χ3n) is 1.56.